The lowest BCUT2D eigenvalue weighted by Crippen LogP contribution is -2.51. The van der Waals surface area contributed by atoms with Crippen LogP contribution in [0, 0.1) is 6.92 Å². The van der Waals surface area contributed by atoms with Gasteiger partial charge in [-0.3, -0.25) is 9.59 Å². The van der Waals surface area contributed by atoms with Gasteiger partial charge in [-0.25, -0.2) is 0 Å². The van der Waals surface area contributed by atoms with Crippen LogP contribution in [0.1, 0.15) is 50.8 Å². The molecule has 5 nitrogen and oxygen atoms in total. The van der Waals surface area contributed by atoms with Gasteiger partial charge in [-0.2, -0.15) is 0 Å². The van der Waals surface area contributed by atoms with Crippen LogP contribution in [0.2, 0.25) is 0 Å². The lowest BCUT2D eigenvalue weighted by molar-refractivity contribution is -0.143. The summed E-state index contributed by atoms with van der Waals surface area (Å²) in [5.74, 6) is 0.245. The van der Waals surface area contributed by atoms with E-state index in [0.717, 1.165) is 22.0 Å². The average Bonchev–Trinajstić information content (AvgIpc) is 2.73. The predicted octanol–water partition coefficient (Wildman–Crippen LogP) is 5.03. The van der Waals surface area contributed by atoms with E-state index in [4.69, 9.17) is 4.74 Å². The summed E-state index contributed by atoms with van der Waals surface area (Å²) < 4.78 is 6.65. The molecule has 0 aromatic heterocycles. The van der Waals surface area contributed by atoms with Crippen molar-refractivity contribution in [3.63, 3.8) is 0 Å². The van der Waals surface area contributed by atoms with Crippen LogP contribution >= 0.6 is 15.9 Å². The maximum atomic E-state index is 13.3. The number of nitrogens with one attached hydrogen (secondary N) is 1. The Kier molecular flexibility index (Phi) is 9.56. The van der Waals surface area contributed by atoms with Crippen molar-refractivity contribution in [1.29, 1.82) is 0 Å². The van der Waals surface area contributed by atoms with E-state index in [1.165, 1.54) is 5.56 Å². The quantitative estimate of drug-likeness (QED) is 0.509. The van der Waals surface area contributed by atoms with Crippen molar-refractivity contribution in [2.24, 2.45) is 0 Å². The molecule has 1 N–H and O–H groups in total. The molecule has 0 spiro atoms. The molecule has 0 fully saturated rings. The Morgan fingerprint density at radius 2 is 1.84 bits per heavy atom. The minimum atomic E-state index is -0.566. The van der Waals surface area contributed by atoms with Crippen LogP contribution < -0.4 is 10.1 Å². The van der Waals surface area contributed by atoms with Crippen LogP contribution in [0.4, 0.5) is 0 Å². The van der Waals surface area contributed by atoms with Gasteiger partial charge >= 0.3 is 0 Å². The molecule has 1 atom stereocenters. The number of carbonyl (C=O) groups excluding carboxylic acids is 2. The van der Waals surface area contributed by atoms with E-state index in [2.05, 4.69) is 28.2 Å². The van der Waals surface area contributed by atoms with Gasteiger partial charge in [0.1, 0.15) is 11.8 Å². The standard InChI is InChI=1S/C25H33BrN2O3/c1-6-19-12-13-23(21(26)14-19)31-16-24(29)28(15-20-11-9-8-10-18(20)5)22(7-2)25(30)27-17(3)4/h8-14,17,22H,6-7,15-16H2,1-5H3,(H,27,30)/t22-/m0/s1. The topological polar surface area (TPSA) is 58.6 Å². The van der Waals surface area contributed by atoms with Crippen LogP contribution in [-0.2, 0) is 22.6 Å². The molecule has 0 unspecified atom stereocenters. The second-order valence-electron chi connectivity index (χ2n) is 7.94. The Bertz CT molecular complexity index is 898. The number of halogens is 1. The van der Waals surface area contributed by atoms with Gasteiger partial charge in [0.2, 0.25) is 5.91 Å². The highest BCUT2D eigenvalue weighted by Gasteiger charge is 2.29. The predicted molar refractivity (Wildman–Crippen MR) is 128 cm³/mol. The summed E-state index contributed by atoms with van der Waals surface area (Å²) in [5.41, 5.74) is 3.28. The van der Waals surface area contributed by atoms with Gasteiger partial charge in [0.25, 0.3) is 5.91 Å². The number of ether oxygens (including phenoxy) is 1. The monoisotopic (exact) mass is 488 g/mol. The Morgan fingerprint density at radius 3 is 2.42 bits per heavy atom. The first-order chi connectivity index (χ1) is 14.8. The SMILES string of the molecule is CCc1ccc(OCC(=O)N(Cc2ccccc2C)[C@@H](CC)C(=O)NC(C)C)c(Br)c1. The molecule has 0 saturated carbocycles. The van der Waals surface area contributed by atoms with E-state index in [1.54, 1.807) is 4.90 Å². The van der Waals surface area contributed by atoms with Gasteiger partial charge in [-0.15, -0.1) is 0 Å². The number of hydrogen-bond acceptors (Lipinski definition) is 3. The van der Waals surface area contributed by atoms with E-state index in [9.17, 15) is 9.59 Å². The Morgan fingerprint density at radius 1 is 1.13 bits per heavy atom. The normalized spacial score (nSPS) is 11.8. The number of aryl methyl sites for hydroxylation is 2. The van der Waals surface area contributed by atoms with E-state index in [1.807, 2.05) is 70.2 Å². The summed E-state index contributed by atoms with van der Waals surface area (Å²) in [5, 5.41) is 2.94. The highest BCUT2D eigenvalue weighted by molar-refractivity contribution is 9.10. The summed E-state index contributed by atoms with van der Waals surface area (Å²) in [4.78, 5) is 27.7. The molecule has 0 aliphatic heterocycles. The number of rotatable bonds is 10. The van der Waals surface area contributed by atoms with Gasteiger partial charge < -0.3 is 15.0 Å². The zero-order valence-corrected chi connectivity index (χ0v) is 20.7. The molecule has 0 bridgehead atoms. The summed E-state index contributed by atoms with van der Waals surface area (Å²) in [7, 11) is 0. The summed E-state index contributed by atoms with van der Waals surface area (Å²) in [6.07, 6.45) is 1.44. The first-order valence-corrected chi connectivity index (χ1v) is 11.6. The van der Waals surface area contributed by atoms with Crippen molar-refractivity contribution >= 4 is 27.7 Å². The molecule has 2 rings (SSSR count). The van der Waals surface area contributed by atoms with Crippen molar-refractivity contribution in [3.05, 3.63) is 63.6 Å². The first-order valence-electron chi connectivity index (χ1n) is 10.8. The van der Waals surface area contributed by atoms with Gasteiger partial charge in [-0.1, -0.05) is 44.2 Å². The highest BCUT2D eigenvalue weighted by Crippen LogP contribution is 2.26. The number of nitrogens with zero attached hydrogens (tertiary/aromatic N) is 1. The summed E-state index contributed by atoms with van der Waals surface area (Å²) >= 11 is 3.52. The van der Waals surface area contributed by atoms with Crippen LogP contribution in [0.3, 0.4) is 0 Å². The van der Waals surface area contributed by atoms with Gasteiger partial charge in [0, 0.05) is 12.6 Å². The molecule has 2 amide bonds. The summed E-state index contributed by atoms with van der Waals surface area (Å²) in [6, 6.07) is 13.2. The molecule has 0 radical (unpaired) electrons. The third-order valence-electron chi connectivity index (χ3n) is 5.17. The second-order valence-corrected chi connectivity index (χ2v) is 8.80. The maximum Gasteiger partial charge on any atom is 0.261 e. The van der Waals surface area contributed by atoms with Crippen LogP contribution in [0.25, 0.3) is 0 Å². The maximum absolute atomic E-state index is 13.3. The fraction of sp³-hybridized carbons (Fsp3) is 0.440. The first kappa shape index (κ1) is 24.9. The van der Waals surface area contributed by atoms with Gasteiger partial charge in [0.15, 0.2) is 6.61 Å². The molecule has 2 aromatic carbocycles. The lowest BCUT2D eigenvalue weighted by atomic mass is 10.1. The molecule has 31 heavy (non-hydrogen) atoms. The number of amides is 2. The van der Waals surface area contributed by atoms with Crippen molar-refractivity contribution in [2.45, 2.75) is 66.1 Å². The molecule has 0 aliphatic carbocycles. The van der Waals surface area contributed by atoms with Crippen molar-refractivity contribution in [2.75, 3.05) is 6.61 Å². The third-order valence-corrected chi connectivity index (χ3v) is 5.79. The van der Waals surface area contributed by atoms with Crippen LogP contribution in [0.5, 0.6) is 5.75 Å². The Hall–Kier alpha value is -2.34. The molecule has 0 heterocycles. The number of hydrogen-bond donors (Lipinski definition) is 1. The van der Waals surface area contributed by atoms with Crippen LogP contribution in [-0.4, -0.2) is 35.4 Å². The van der Waals surface area contributed by atoms with Crippen molar-refractivity contribution in [3.8, 4) is 5.75 Å². The second kappa shape index (κ2) is 11.9. The van der Waals surface area contributed by atoms with E-state index >= 15 is 0 Å². The molecular formula is C25H33BrN2O3. The lowest BCUT2D eigenvalue weighted by Gasteiger charge is -2.31. The smallest absolute Gasteiger partial charge is 0.261 e. The van der Waals surface area contributed by atoms with Crippen molar-refractivity contribution in [1.82, 2.24) is 10.2 Å². The molecule has 2 aromatic rings. The minimum Gasteiger partial charge on any atom is -0.483 e. The minimum absolute atomic E-state index is 0.00116. The Labute approximate surface area is 194 Å². The number of carbonyl (C=O) groups is 2. The van der Waals surface area contributed by atoms with E-state index in [0.29, 0.717) is 18.7 Å². The molecule has 6 heteroatoms. The van der Waals surface area contributed by atoms with Crippen LogP contribution in [0.15, 0.2) is 46.9 Å². The number of benzene rings is 2. The zero-order chi connectivity index (χ0) is 23.0. The highest BCUT2D eigenvalue weighted by atomic mass is 79.9. The van der Waals surface area contributed by atoms with E-state index in [-0.39, 0.29) is 24.5 Å². The largest absolute Gasteiger partial charge is 0.483 e. The van der Waals surface area contributed by atoms with E-state index < -0.39 is 6.04 Å². The molecule has 0 saturated heterocycles. The molecular weight excluding hydrogens is 456 g/mol. The van der Waals surface area contributed by atoms with Gasteiger partial charge in [-0.05, 0) is 78.4 Å². The Balaban J connectivity index is 2.24. The third kappa shape index (κ3) is 7.10. The zero-order valence-electron chi connectivity index (χ0n) is 19.1. The average molecular weight is 489 g/mol. The fourth-order valence-electron chi connectivity index (χ4n) is 3.37. The summed E-state index contributed by atoms with van der Waals surface area (Å²) in [6.45, 7) is 10.1. The van der Waals surface area contributed by atoms with Crippen molar-refractivity contribution < 1.29 is 14.3 Å². The fourth-order valence-corrected chi connectivity index (χ4v) is 3.92. The van der Waals surface area contributed by atoms with Gasteiger partial charge in [0.05, 0.1) is 4.47 Å². The molecule has 0 aliphatic rings. The molecule has 168 valence electrons.